The van der Waals surface area contributed by atoms with Gasteiger partial charge in [0.25, 0.3) is 0 Å². The molecule has 1 unspecified atom stereocenters. The maximum absolute atomic E-state index is 11.8. The van der Waals surface area contributed by atoms with Crippen LogP contribution in [-0.4, -0.2) is 78.6 Å². The number of carbonyl (C=O) groups excluding carboxylic acids is 1. The second-order valence-electron chi connectivity index (χ2n) is 9.02. The monoisotopic (exact) mass is 385 g/mol. The highest BCUT2D eigenvalue weighted by molar-refractivity contribution is 5.73. The van der Waals surface area contributed by atoms with Gasteiger partial charge in [0.05, 0.1) is 18.8 Å². The van der Waals surface area contributed by atoms with Crippen molar-refractivity contribution < 1.29 is 9.53 Å². The zero-order chi connectivity index (χ0) is 19.4. The Morgan fingerprint density at radius 2 is 1.86 bits per heavy atom. The minimum atomic E-state index is -0.129. The van der Waals surface area contributed by atoms with Crippen molar-refractivity contribution in [1.82, 2.24) is 14.7 Å². The lowest BCUT2D eigenvalue weighted by atomic mass is 9.89. The van der Waals surface area contributed by atoms with E-state index in [1.807, 2.05) is 4.90 Å². The number of likely N-dealkylation sites (tertiary alicyclic amines) is 2. The molecule has 3 heterocycles. The Kier molecular flexibility index (Phi) is 6.34. The van der Waals surface area contributed by atoms with Gasteiger partial charge in [-0.2, -0.15) is 0 Å². The number of carbonyl (C=O) groups is 1. The highest BCUT2D eigenvalue weighted by Gasteiger charge is 2.41. The Labute approximate surface area is 169 Å². The fraction of sp³-hybridized carbons (Fsp3) is 0.696. The van der Waals surface area contributed by atoms with E-state index in [1.54, 1.807) is 6.92 Å². The molecule has 0 bridgehead atoms. The molecule has 154 valence electrons. The first kappa shape index (κ1) is 19.9. The first-order valence-corrected chi connectivity index (χ1v) is 11.0. The van der Waals surface area contributed by atoms with Crippen molar-refractivity contribution in [2.75, 3.05) is 52.4 Å². The van der Waals surface area contributed by atoms with E-state index in [4.69, 9.17) is 4.74 Å². The summed E-state index contributed by atoms with van der Waals surface area (Å²) in [4.78, 5) is 19.0. The number of hydrogen-bond acceptors (Lipinski definition) is 4. The van der Waals surface area contributed by atoms with Crippen LogP contribution in [-0.2, 0) is 16.1 Å². The van der Waals surface area contributed by atoms with Gasteiger partial charge in [-0.25, -0.2) is 0 Å². The molecule has 1 spiro atoms. The summed E-state index contributed by atoms with van der Waals surface area (Å²) in [6, 6.07) is 10.8. The molecule has 1 amide bonds. The molecule has 1 aromatic carbocycles. The molecule has 0 N–H and O–H groups in total. The third kappa shape index (κ3) is 4.94. The molecule has 0 aromatic heterocycles. The van der Waals surface area contributed by atoms with E-state index < -0.39 is 0 Å². The second kappa shape index (κ2) is 8.93. The highest BCUT2D eigenvalue weighted by atomic mass is 16.5. The molecule has 3 saturated heterocycles. The topological polar surface area (TPSA) is 36.0 Å². The van der Waals surface area contributed by atoms with Crippen LogP contribution in [0.4, 0.5) is 0 Å². The van der Waals surface area contributed by atoms with Gasteiger partial charge in [-0.3, -0.25) is 14.6 Å². The van der Waals surface area contributed by atoms with Gasteiger partial charge in [0.2, 0.25) is 5.91 Å². The van der Waals surface area contributed by atoms with Gasteiger partial charge < -0.3 is 9.64 Å². The average molecular weight is 386 g/mol. The van der Waals surface area contributed by atoms with Crippen LogP contribution < -0.4 is 0 Å². The number of piperidine rings is 2. The van der Waals surface area contributed by atoms with Crippen molar-refractivity contribution in [2.24, 2.45) is 5.92 Å². The molecule has 5 heteroatoms. The summed E-state index contributed by atoms with van der Waals surface area (Å²) in [5.41, 5.74) is 1.29. The second-order valence-corrected chi connectivity index (χ2v) is 9.02. The van der Waals surface area contributed by atoms with Crippen LogP contribution in [0, 0.1) is 5.92 Å². The maximum atomic E-state index is 11.8. The number of rotatable bonds is 4. The van der Waals surface area contributed by atoms with E-state index in [9.17, 15) is 4.79 Å². The molecular weight excluding hydrogens is 350 g/mol. The summed E-state index contributed by atoms with van der Waals surface area (Å²) in [6.07, 6.45) is 4.72. The lowest BCUT2D eigenvalue weighted by Crippen LogP contribution is -2.61. The van der Waals surface area contributed by atoms with Crippen LogP contribution in [0.2, 0.25) is 0 Å². The summed E-state index contributed by atoms with van der Waals surface area (Å²) >= 11 is 0. The summed E-state index contributed by atoms with van der Waals surface area (Å²) in [7, 11) is 0. The van der Waals surface area contributed by atoms with Crippen LogP contribution in [0.3, 0.4) is 0 Å². The summed E-state index contributed by atoms with van der Waals surface area (Å²) in [5, 5.41) is 0. The van der Waals surface area contributed by atoms with Gasteiger partial charge in [-0.15, -0.1) is 0 Å². The third-order valence-electron chi connectivity index (χ3n) is 6.78. The van der Waals surface area contributed by atoms with Crippen LogP contribution in [0.15, 0.2) is 30.3 Å². The Hall–Kier alpha value is -1.43. The van der Waals surface area contributed by atoms with E-state index in [1.165, 1.54) is 38.0 Å². The van der Waals surface area contributed by atoms with Crippen LogP contribution in [0.25, 0.3) is 0 Å². The predicted octanol–water partition coefficient (Wildman–Crippen LogP) is 2.61. The van der Waals surface area contributed by atoms with Gasteiger partial charge in [-0.1, -0.05) is 30.3 Å². The molecule has 1 aromatic rings. The summed E-state index contributed by atoms with van der Waals surface area (Å²) in [5.74, 6) is 0.972. The molecule has 3 aliphatic rings. The van der Waals surface area contributed by atoms with Gasteiger partial charge >= 0.3 is 0 Å². The summed E-state index contributed by atoms with van der Waals surface area (Å²) < 4.78 is 6.25. The Bertz CT molecular complexity index is 641. The maximum Gasteiger partial charge on any atom is 0.219 e. The Morgan fingerprint density at radius 3 is 2.61 bits per heavy atom. The Morgan fingerprint density at radius 1 is 1.07 bits per heavy atom. The molecule has 1 atom stereocenters. The van der Waals surface area contributed by atoms with Gasteiger partial charge in [-0.05, 0) is 50.3 Å². The predicted molar refractivity (Wildman–Crippen MR) is 111 cm³/mol. The number of ether oxygens (including phenoxy) is 1. The van der Waals surface area contributed by atoms with Crippen molar-refractivity contribution in [3.8, 4) is 0 Å². The fourth-order valence-corrected chi connectivity index (χ4v) is 5.23. The number of hydrogen-bond donors (Lipinski definition) is 0. The fourth-order valence-electron chi connectivity index (χ4n) is 5.23. The molecule has 0 aliphatic carbocycles. The van der Waals surface area contributed by atoms with Gasteiger partial charge in [0, 0.05) is 39.6 Å². The first-order chi connectivity index (χ1) is 13.6. The van der Waals surface area contributed by atoms with Crippen LogP contribution >= 0.6 is 0 Å². The quantitative estimate of drug-likeness (QED) is 0.798. The largest absolute Gasteiger partial charge is 0.370 e. The average Bonchev–Trinajstić information content (AvgIpc) is 2.70. The van der Waals surface area contributed by atoms with E-state index in [0.29, 0.717) is 0 Å². The number of nitrogens with zero attached hydrogens (tertiary/aromatic N) is 3. The first-order valence-electron chi connectivity index (χ1n) is 11.0. The van der Waals surface area contributed by atoms with E-state index in [2.05, 4.69) is 40.1 Å². The SMILES string of the molecule is CC(=O)N1CCCC2(CN(CC3CCN(Cc4ccccc4)CC3)CCO2)C1. The van der Waals surface area contributed by atoms with Crippen molar-refractivity contribution in [1.29, 1.82) is 0 Å². The smallest absolute Gasteiger partial charge is 0.219 e. The van der Waals surface area contributed by atoms with Crippen molar-refractivity contribution >= 4 is 5.91 Å². The van der Waals surface area contributed by atoms with Crippen molar-refractivity contribution in [2.45, 2.75) is 44.8 Å². The van der Waals surface area contributed by atoms with E-state index in [-0.39, 0.29) is 11.5 Å². The zero-order valence-corrected chi connectivity index (χ0v) is 17.3. The van der Waals surface area contributed by atoms with Crippen LogP contribution in [0.1, 0.15) is 38.2 Å². The highest BCUT2D eigenvalue weighted by Crippen LogP contribution is 2.30. The third-order valence-corrected chi connectivity index (χ3v) is 6.78. The van der Waals surface area contributed by atoms with E-state index in [0.717, 1.165) is 58.1 Å². The van der Waals surface area contributed by atoms with Crippen LogP contribution in [0.5, 0.6) is 0 Å². The molecule has 28 heavy (non-hydrogen) atoms. The summed E-state index contributed by atoms with van der Waals surface area (Å²) in [6.45, 7) is 10.8. The normalized spacial score (nSPS) is 28.0. The molecule has 4 rings (SSSR count). The minimum Gasteiger partial charge on any atom is -0.370 e. The van der Waals surface area contributed by atoms with Gasteiger partial charge in [0.15, 0.2) is 0 Å². The standard InChI is InChI=1S/C23H35N3O2/c1-20(27)26-11-5-10-23(19-26)18-25(14-15-28-23)17-22-8-12-24(13-9-22)16-21-6-3-2-4-7-21/h2-4,6-7,22H,5,8-19H2,1H3. The number of benzene rings is 1. The molecule has 0 radical (unpaired) electrons. The molecule has 3 aliphatic heterocycles. The Balaban J connectivity index is 1.25. The number of morpholine rings is 1. The lowest BCUT2D eigenvalue weighted by molar-refractivity contribution is -0.157. The lowest BCUT2D eigenvalue weighted by Gasteiger charge is -2.48. The number of amides is 1. The minimum absolute atomic E-state index is 0.129. The van der Waals surface area contributed by atoms with E-state index >= 15 is 0 Å². The molecule has 0 saturated carbocycles. The van der Waals surface area contributed by atoms with Gasteiger partial charge in [0.1, 0.15) is 0 Å². The van der Waals surface area contributed by atoms with Crippen molar-refractivity contribution in [3.63, 3.8) is 0 Å². The molecule has 3 fully saturated rings. The van der Waals surface area contributed by atoms with Crippen molar-refractivity contribution in [3.05, 3.63) is 35.9 Å². The zero-order valence-electron chi connectivity index (χ0n) is 17.3. The molecular formula is C23H35N3O2. The molecule has 5 nitrogen and oxygen atoms in total.